The van der Waals surface area contributed by atoms with E-state index in [1.54, 1.807) is 49.6 Å². The number of hydrogen-bond acceptors (Lipinski definition) is 8. The van der Waals surface area contributed by atoms with Crippen LogP contribution in [0.5, 0.6) is 5.75 Å². The number of ether oxygens (including phenoxy) is 1. The van der Waals surface area contributed by atoms with E-state index in [2.05, 4.69) is 20.0 Å². The predicted molar refractivity (Wildman–Crippen MR) is 103 cm³/mol. The highest BCUT2D eigenvalue weighted by Crippen LogP contribution is 2.24. The van der Waals surface area contributed by atoms with Gasteiger partial charge in [-0.15, -0.1) is 0 Å². The van der Waals surface area contributed by atoms with Crippen molar-refractivity contribution in [2.75, 3.05) is 11.8 Å². The van der Waals surface area contributed by atoms with Crippen molar-refractivity contribution in [1.82, 2.24) is 15.3 Å². The quantitative estimate of drug-likeness (QED) is 0.491. The van der Waals surface area contributed by atoms with Gasteiger partial charge < -0.3 is 13.8 Å². The number of hydrogen-bond donors (Lipinski definition) is 1. The van der Waals surface area contributed by atoms with Crippen LogP contribution in [-0.2, 0) is 16.4 Å². The van der Waals surface area contributed by atoms with Gasteiger partial charge in [-0.3, -0.25) is 4.72 Å². The molecule has 0 radical (unpaired) electrons. The third-order valence-corrected chi connectivity index (χ3v) is 5.40. The van der Waals surface area contributed by atoms with Gasteiger partial charge in [0.2, 0.25) is 0 Å². The molecule has 0 unspecified atom stereocenters. The van der Waals surface area contributed by atoms with Crippen molar-refractivity contribution in [2.24, 2.45) is 0 Å². The van der Waals surface area contributed by atoms with Crippen LogP contribution in [0.1, 0.15) is 11.6 Å². The van der Waals surface area contributed by atoms with Crippen molar-refractivity contribution in [3.63, 3.8) is 0 Å². The van der Waals surface area contributed by atoms with Crippen molar-refractivity contribution < 1.29 is 22.2 Å². The summed E-state index contributed by atoms with van der Waals surface area (Å²) in [5.41, 5.74) is 0.905. The zero-order valence-corrected chi connectivity index (χ0v) is 16.1. The molecule has 0 bridgehead atoms. The molecule has 148 valence electrons. The van der Waals surface area contributed by atoms with Crippen LogP contribution in [0.4, 0.5) is 5.69 Å². The Bertz CT molecular complexity index is 1200. The standard InChI is InChI=1S/C19H16N4O5S/c1-26-15-7-5-14(6-8-15)23-29(24,25)17-4-2-3-13(11-17)19-21-18(22-28-19)12-16-9-10-20-27-16/h2-11,23H,12H2,1H3. The summed E-state index contributed by atoms with van der Waals surface area (Å²) in [7, 11) is -2.26. The number of sulfonamides is 1. The monoisotopic (exact) mass is 412 g/mol. The van der Waals surface area contributed by atoms with E-state index in [-0.39, 0.29) is 10.8 Å². The van der Waals surface area contributed by atoms with Gasteiger partial charge in [0.25, 0.3) is 15.9 Å². The lowest BCUT2D eigenvalue weighted by molar-refractivity contribution is 0.382. The number of nitrogens with one attached hydrogen (secondary N) is 1. The van der Waals surface area contributed by atoms with E-state index in [1.165, 1.54) is 18.3 Å². The minimum Gasteiger partial charge on any atom is -0.497 e. The second kappa shape index (κ2) is 7.76. The predicted octanol–water partition coefficient (Wildman–Crippen LogP) is 3.12. The molecule has 0 aliphatic rings. The first kappa shape index (κ1) is 18.7. The summed E-state index contributed by atoms with van der Waals surface area (Å²) in [5, 5.41) is 7.52. The van der Waals surface area contributed by atoms with Crippen molar-refractivity contribution in [3.8, 4) is 17.2 Å². The molecule has 4 aromatic rings. The highest BCUT2D eigenvalue weighted by molar-refractivity contribution is 7.92. The number of methoxy groups -OCH3 is 1. The number of nitrogens with zero attached hydrogens (tertiary/aromatic N) is 3. The summed E-state index contributed by atoms with van der Waals surface area (Å²) < 4.78 is 43.3. The van der Waals surface area contributed by atoms with Gasteiger partial charge in [0, 0.05) is 17.3 Å². The normalized spacial score (nSPS) is 11.3. The van der Waals surface area contributed by atoms with Crippen LogP contribution < -0.4 is 9.46 Å². The Morgan fingerprint density at radius 3 is 2.62 bits per heavy atom. The van der Waals surface area contributed by atoms with E-state index in [9.17, 15) is 8.42 Å². The molecule has 2 aromatic heterocycles. The summed E-state index contributed by atoms with van der Waals surface area (Å²) in [6.07, 6.45) is 1.85. The summed E-state index contributed by atoms with van der Waals surface area (Å²) in [5.74, 6) is 1.84. The Balaban J connectivity index is 1.55. The van der Waals surface area contributed by atoms with Gasteiger partial charge in [-0.1, -0.05) is 16.4 Å². The molecular formula is C19H16N4O5S. The zero-order valence-electron chi connectivity index (χ0n) is 15.3. The highest BCUT2D eigenvalue weighted by Gasteiger charge is 2.17. The fraction of sp³-hybridized carbons (Fsp3) is 0.105. The molecule has 0 spiro atoms. The largest absolute Gasteiger partial charge is 0.497 e. The lowest BCUT2D eigenvalue weighted by Gasteiger charge is -2.09. The number of rotatable bonds is 7. The molecule has 0 aliphatic heterocycles. The molecule has 0 atom stereocenters. The average molecular weight is 412 g/mol. The maximum Gasteiger partial charge on any atom is 0.261 e. The smallest absolute Gasteiger partial charge is 0.261 e. The van der Waals surface area contributed by atoms with Gasteiger partial charge in [-0.2, -0.15) is 4.98 Å². The molecule has 29 heavy (non-hydrogen) atoms. The molecule has 0 fully saturated rings. The van der Waals surface area contributed by atoms with Gasteiger partial charge in [0.15, 0.2) is 5.82 Å². The number of aromatic nitrogens is 3. The van der Waals surface area contributed by atoms with Crippen LogP contribution in [0.2, 0.25) is 0 Å². The molecule has 0 amide bonds. The molecule has 0 saturated carbocycles. The molecule has 0 aliphatic carbocycles. The zero-order chi connectivity index (χ0) is 20.3. The molecule has 2 heterocycles. The van der Waals surface area contributed by atoms with Crippen molar-refractivity contribution in [2.45, 2.75) is 11.3 Å². The van der Waals surface area contributed by atoms with Crippen molar-refractivity contribution in [3.05, 3.63) is 72.4 Å². The lowest BCUT2D eigenvalue weighted by atomic mass is 10.2. The van der Waals surface area contributed by atoms with Gasteiger partial charge in [0.05, 0.1) is 24.6 Å². The van der Waals surface area contributed by atoms with E-state index in [0.29, 0.717) is 35.0 Å². The third kappa shape index (κ3) is 4.27. The van der Waals surface area contributed by atoms with Gasteiger partial charge >= 0.3 is 0 Å². The van der Waals surface area contributed by atoms with Crippen LogP contribution in [0.3, 0.4) is 0 Å². The second-order valence-corrected chi connectivity index (χ2v) is 7.72. The van der Waals surface area contributed by atoms with E-state index < -0.39 is 10.0 Å². The minimum atomic E-state index is -3.80. The Kier molecular flexibility index (Phi) is 5.00. The summed E-state index contributed by atoms with van der Waals surface area (Å²) in [4.78, 5) is 4.36. The number of benzene rings is 2. The fourth-order valence-electron chi connectivity index (χ4n) is 2.60. The first-order chi connectivity index (χ1) is 14.0. The molecule has 2 aromatic carbocycles. The highest BCUT2D eigenvalue weighted by atomic mass is 32.2. The van der Waals surface area contributed by atoms with E-state index in [4.69, 9.17) is 13.8 Å². The molecule has 4 rings (SSSR count). The number of anilines is 1. The van der Waals surface area contributed by atoms with Gasteiger partial charge in [-0.05, 0) is 42.5 Å². The molecule has 9 nitrogen and oxygen atoms in total. The maximum atomic E-state index is 12.7. The Morgan fingerprint density at radius 2 is 1.90 bits per heavy atom. The minimum absolute atomic E-state index is 0.0702. The van der Waals surface area contributed by atoms with E-state index in [0.717, 1.165) is 0 Å². The van der Waals surface area contributed by atoms with E-state index >= 15 is 0 Å². The average Bonchev–Trinajstić information content (AvgIpc) is 3.41. The molecular weight excluding hydrogens is 396 g/mol. The van der Waals surface area contributed by atoms with Crippen molar-refractivity contribution in [1.29, 1.82) is 0 Å². The Morgan fingerprint density at radius 1 is 1.07 bits per heavy atom. The summed E-state index contributed by atoms with van der Waals surface area (Å²) >= 11 is 0. The van der Waals surface area contributed by atoms with Crippen LogP contribution in [-0.4, -0.2) is 30.8 Å². The van der Waals surface area contributed by atoms with Crippen LogP contribution in [0, 0.1) is 0 Å². The summed E-state index contributed by atoms with van der Waals surface area (Å²) in [6.45, 7) is 0. The topological polar surface area (TPSA) is 120 Å². The maximum absolute atomic E-state index is 12.7. The fourth-order valence-corrected chi connectivity index (χ4v) is 3.71. The molecule has 10 heteroatoms. The SMILES string of the molecule is COc1ccc(NS(=O)(=O)c2cccc(-c3nc(Cc4ccno4)no3)c2)cc1. The summed E-state index contributed by atoms with van der Waals surface area (Å²) in [6, 6.07) is 14.5. The third-order valence-electron chi connectivity index (χ3n) is 4.03. The Hall–Kier alpha value is -3.66. The Labute approximate surface area is 166 Å². The molecule has 0 saturated heterocycles. The molecule has 1 N–H and O–H groups in total. The van der Waals surface area contributed by atoms with Crippen LogP contribution in [0.15, 0.2) is 74.7 Å². The van der Waals surface area contributed by atoms with Crippen LogP contribution in [0.25, 0.3) is 11.5 Å². The van der Waals surface area contributed by atoms with Gasteiger partial charge in [-0.25, -0.2) is 8.42 Å². The van der Waals surface area contributed by atoms with Crippen molar-refractivity contribution >= 4 is 15.7 Å². The first-order valence-corrected chi connectivity index (χ1v) is 10.0. The first-order valence-electron chi connectivity index (χ1n) is 8.53. The van der Waals surface area contributed by atoms with Crippen LogP contribution >= 0.6 is 0 Å². The second-order valence-electron chi connectivity index (χ2n) is 6.03. The van der Waals surface area contributed by atoms with Gasteiger partial charge in [0.1, 0.15) is 11.5 Å². The lowest BCUT2D eigenvalue weighted by Crippen LogP contribution is -2.12. The van der Waals surface area contributed by atoms with E-state index in [1.807, 2.05) is 0 Å².